The lowest BCUT2D eigenvalue weighted by Gasteiger charge is -2.45. The monoisotopic (exact) mass is 798 g/mol. The van der Waals surface area contributed by atoms with E-state index in [4.69, 9.17) is 11.5 Å². The molecule has 2 fully saturated rings. The minimum absolute atomic E-state index is 0.0343. The van der Waals surface area contributed by atoms with Crippen molar-refractivity contribution in [2.75, 3.05) is 26.2 Å². The molecule has 4 aromatic carbocycles. The van der Waals surface area contributed by atoms with Crippen LogP contribution in [-0.2, 0) is 23.9 Å². The van der Waals surface area contributed by atoms with E-state index < -0.39 is 0 Å². The van der Waals surface area contributed by atoms with Gasteiger partial charge in [0.2, 0.25) is 11.8 Å². The maximum Gasteiger partial charge on any atom is 0.248 e. The van der Waals surface area contributed by atoms with Crippen LogP contribution in [-0.4, -0.2) is 57.8 Å². The third-order valence-electron chi connectivity index (χ3n) is 13.5. The van der Waals surface area contributed by atoms with Gasteiger partial charge >= 0.3 is 0 Å². The van der Waals surface area contributed by atoms with E-state index in [2.05, 4.69) is 126 Å². The molecule has 6 aromatic rings. The zero-order valence-electron chi connectivity index (χ0n) is 35.4. The lowest BCUT2D eigenvalue weighted by Crippen LogP contribution is -2.47. The smallest absolute Gasteiger partial charge is 0.248 e. The summed E-state index contributed by atoms with van der Waals surface area (Å²) in [6.45, 7) is 15.3. The molecule has 2 aromatic heterocycles. The molecule has 2 aliphatic heterocycles. The molecule has 4 atom stereocenters. The van der Waals surface area contributed by atoms with Gasteiger partial charge in [-0.25, -0.2) is 0 Å². The normalized spacial score (nSPS) is 22.0. The summed E-state index contributed by atoms with van der Waals surface area (Å²) in [6.07, 6.45) is 9.50. The van der Waals surface area contributed by atoms with Crippen LogP contribution in [0.1, 0.15) is 83.5 Å². The van der Waals surface area contributed by atoms with Gasteiger partial charge in [0.15, 0.2) is 0 Å². The Balaban J connectivity index is 0.000000181. The fourth-order valence-electron chi connectivity index (χ4n) is 9.14. The standard InChI is InChI=1S/2C26H29N3O/c1-19-17-29(14-12-26(19,2)24-7-3-5-22(15-24)25(27)30)18-20-8-10-21(11-9-20)23-6-4-13-28-16-23;1-19-17-29(15-12-26(19,2)23-8-5-7-21(16-23)25(27)30)18-22-6-3-4-9-24(22)20-10-13-28-14-11-20/h3-11,13,15-16,19H,12,14,17-18H2,1-2H3,(H2,27,30);3-11,13-14,16,19H,12,15,17-18H2,1-2H3,(H2,27,30)/t2*19-,26+/m00/s1. The van der Waals surface area contributed by atoms with Crippen molar-refractivity contribution in [2.24, 2.45) is 23.3 Å². The van der Waals surface area contributed by atoms with Crippen molar-refractivity contribution in [3.05, 3.63) is 179 Å². The highest BCUT2D eigenvalue weighted by atomic mass is 16.1. The van der Waals surface area contributed by atoms with E-state index in [1.54, 1.807) is 18.3 Å². The second kappa shape index (κ2) is 18.5. The summed E-state index contributed by atoms with van der Waals surface area (Å²) in [5.41, 5.74) is 22.2. The molecule has 0 saturated carbocycles. The molecule has 0 radical (unpaired) electrons. The number of nitrogens with zero attached hydrogens (tertiary/aromatic N) is 4. The number of amides is 2. The molecule has 60 heavy (non-hydrogen) atoms. The van der Waals surface area contributed by atoms with Gasteiger partial charge in [-0.2, -0.15) is 0 Å². The number of hydrogen-bond donors (Lipinski definition) is 2. The molecule has 2 amide bonds. The first kappa shape index (κ1) is 42.2. The largest absolute Gasteiger partial charge is 0.366 e. The van der Waals surface area contributed by atoms with Gasteiger partial charge in [0.25, 0.3) is 0 Å². The fraction of sp³-hybridized carbons (Fsp3) is 0.308. The lowest BCUT2D eigenvalue weighted by molar-refractivity contribution is 0.0988. The fourth-order valence-corrected chi connectivity index (χ4v) is 9.14. The van der Waals surface area contributed by atoms with Crippen molar-refractivity contribution in [2.45, 2.75) is 64.5 Å². The van der Waals surface area contributed by atoms with E-state index in [0.29, 0.717) is 23.0 Å². The summed E-state index contributed by atoms with van der Waals surface area (Å²) < 4.78 is 0. The highest BCUT2D eigenvalue weighted by molar-refractivity contribution is 5.93. The summed E-state index contributed by atoms with van der Waals surface area (Å²) in [4.78, 5) is 36.7. The topological polar surface area (TPSA) is 118 Å². The predicted molar refractivity (Wildman–Crippen MR) is 242 cm³/mol. The summed E-state index contributed by atoms with van der Waals surface area (Å²) in [7, 11) is 0. The van der Waals surface area contributed by atoms with E-state index >= 15 is 0 Å². The number of piperidine rings is 2. The Hall–Kier alpha value is -5.96. The molecule has 0 spiro atoms. The number of carbonyl (C=O) groups excluding carboxylic acids is 2. The van der Waals surface area contributed by atoms with Crippen LogP contribution in [0.25, 0.3) is 22.3 Å². The predicted octanol–water partition coefficient (Wildman–Crippen LogP) is 9.29. The first-order chi connectivity index (χ1) is 28.9. The van der Waals surface area contributed by atoms with Crippen molar-refractivity contribution < 1.29 is 9.59 Å². The maximum atomic E-state index is 11.6. The Morgan fingerprint density at radius 2 is 1.17 bits per heavy atom. The van der Waals surface area contributed by atoms with Crippen LogP contribution in [0.3, 0.4) is 0 Å². The quantitative estimate of drug-likeness (QED) is 0.143. The van der Waals surface area contributed by atoms with E-state index in [0.717, 1.165) is 57.7 Å². The molecule has 4 heterocycles. The van der Waals surface area contributed by atoms with Crippen LogP contribution in [0.4, 0.5) is 0 Å². The van der Waals surface area contributed by atoms with Gasteiger partial charge in [0.1, 0.15) is 0 Å². The van der Waals surface area contributed by atoms with E-state index in [-0.39, 0.29) is 22.6 Å². The zero-order chi connectivity index (χ0) is 42.3. The molecule has 8 rings (SSSR count). The highest BCUT2D eigenvalue weighted by Crippen LogP contribution is 2.41. The number of pyridine rings is 2. The van der Waals surface area contributed by atoms with Crippen molar-refractivity contribution in [3.63, 3.8) is 0 Å². The molecule has 8 nitrogen and oxygen atoms in total. The number of nitrogens with two attached hydrogens (primary N) is 2. The van der Waals surface area contributed by atoms with Crippen molar-refractivity contribution in [1.29, 1.82) is 0 Å². The Morgan fingerprint density at radius 1 is 0.600 bits per heavy atom. The van der Waals surface area contributed by atoms with E-state index in [1.807, 2.05) is 48.9 Å². The van der Waals surface area contributed by atoms with Gasteiger partial charge in [-0.3, -0.25) is 29.4 Å². The van der Waals surface area contributed by atoms with Gasteiger partial charge in [0.05, 0.1) is 0 Å². The van der Waals surface area contributed by atoms with Crippen molar-refractivity contribution >= 4 is 11.8 Å². The average molecular weight is 799 g/mol. The minimum Gasteiger partial charge on any atom is -0.366 e. The minimum atomic E-state index is -0.363. The molecule has 2 saturated heterocycles. The molecule has 0 unspecified atom stereocenters. The SMILES string of the molecule is C[C@H]1CN(Cc2ccc(-c3cccnc3)cc2)CC[C@@]1(C)c1cccc(C(N)=O)c1.C[C@H]1CN(Cc2ccccc2-c2ccncc2)CC[C@@]1(C)c1cccc(C(N)=O)c1. The van der Waals surface area contributed by atoms with Gasteiger partial charge < -0.3 is 11.5 Å². The number of primary amides is 2. The van der Waals surface area contributed by atoms with Crippen LogP contribution in [0.15, 0.2) is 146 Å². The molecular formula is C52H58N6O2. The van der Waals surface area contributed by atoms with Gasteiger partial charge in [-0.05, 0) is 136 Å². The lowest BCUT2D eigenvalue weighted by atomic mass is 9.67. The molecule has 0 aliphatic carbocycles. The Labute approximate surface area is 355 Å². The summed E-state index contributed by atoms with van der Waals surface area (Å²) in [5, 5.41) is 0. The summed E-state index contributed by atoms with van der Waals surface area (Å²) in [6, 6.07) is 41.3. The van der Waals surface area contributed by atoms with Crippen molar-refractivity contribution in [1.82, 2.24) is 19.8 Å². The Kier molecular flexibility index (Phi) is 13.0. The molecule has 8 heteroatoms. The second-order valence-corrected chi connectivity index (χ2v) is 17.3. The Bertz CT molecular complexity index is 2390. The van der Waals surface area contributed by atoms with Gasteiger partial charge in [0, 0.05) is 62.1 Å². The first-order valence-electron chi connectivity index (χ1n) is 21.2. The summed E-state index contributed by atoms with van der Waals surface area (Å²) in [5.74, 6) is 0.213. The number of rotatable bonds is 10. The average Bonchev–Trinajstić information content (AvgIpc) is 3.27. The zero-order valence-corrected chi connectivity index (χ0v) is 35.4. The number of carbonyl (C=O) groups is 2. The van der Waals surface area contributed by atoms with Crippen LogP contribution >= 0.6 is 0 Å². The van der Waals surface area contributed by atoms with Gasteiger partial charge in [-0.1, -0.05) is 107 Å². The maximum absolute atomic E-state index is 11.6. The summed E-state index contributed by atoms with van der Waals surface area (Å²) >= 11 is 0. The molecule has 0 bridgehead atoms. The number of aromatic nitrogens is 2. The van der Waals surface area contributed by atoms with Crippen LogP contribution < -0.4 is 11.5 Å². The molecule has 2 aliphatic rings. The van der Waals surface area contributed by atoms with E-state index in [9.17, 15) is 9.59 Å². The number of hydrogen-bond acceptors (Lipinski definition) is 6. The molecular weight excluding hydrogens is 741 g/mol. The van der Waals surface area contributed by atoms with Crippen LogP contribution in [0, 0.1) is 11.8 Å². The number of benzene rings is 4. The number of likely N-dealkylation sites (tertiary alicyclic amines) is 2. The van der Waals surface area contributed by atoms with Crippen LogP contribution in [0.5, 0.6) is 0 Å². The highest BCUT2D eigenvalue weighted by Gasteiger charge is 2.39. The van der Waals surface area contributed by atoms with Gasteiger partial charge in [-0.15, -0.1) is 0 Å². The first-order valence-corrected chi connectivity index (χ1v) is 21.2. The molecule has 4 N–H and O–H groups in total. The third kappa shape index (κ3) is 9.57. The van der Waals surface area contributed by atoms with Crippen molar-refractivity contribution in [3.8, 4) is 22.3 Å². The molecule has 308 valence electrons. The second-order valence-electron chi connectivity index (χ2n) is 17.3. The third-order valence-corrected chi connectivity index (χ3v) is 13.5. The Morgan fingerprint density at radius 3 is 1.70 bits per heavy atom. The van der Waals surface area contributed by atoms with Crippen LogP contribution in [0.2, 0.25) is 0 Å². The van der Waals surface area contributed by atoms with E-state index in [1.165, 1.54) is 38.9 Å².